The maximum absolute atomic E-state index is 12.3. The molecule has 0 spiro atoms. The number of carbonyl (C=O) groups excluding carboxylic acids is 1. The summed E-state index contributed by atoms with van der Waals surface area (Å²) in [7, 11) is 0. The molecular weight excluding hydrogens is 266 g/mol. The van der Waals surface area contributed by atoms with Crippen molar-refractivity contribution in [1.29, 1.82) is 0 Å². The summed E-state index contributed by atoms with van der Waals surface area (Å²) < 4.78 is 0. The smallest absolute Gasteiger partial charge is 0.251 e. The van der Waals surface area contributed by atoms with Gasteiger partial charge in [-0.3, -0.25) is 4.79 Å². The Morgan fingerprint density at radius 2 is 1.86 bits per heavy atom. The molecule has 3 N–H and O–H groups in total. The van der Waals surface area contributed by atoms with Gasteiger partial charge in [0.25, 0.3) is 5.91 Å². The first-order chi connectivity index (χ1) is 10.2. The van der Waals surface area contributed by atoms with Crippen molar-refractivity contribution >= 4 is 5.91 Å². The normalized spacial score (nSPS) is 20.1. The summed E-state index contributed by atoms with van der Waals surface area (Å²) in [5.41, 5.74) is 3.33. The third-order valence-electron chi connectivity index (χ3n) is 3.89. The standard InChI is InChI=1S/C17H17NO3/c19-10-11-5-7-12(8-6-11)17(21)18-16-14-4-2-1-3-13(14)9-15(16)20/h1-8,15-16,19-20H,9-10H2,(H,18,21). The second kappa shape index (κ2) is 5.68. The van der Waals surface area contributed by atoms with Gasteiger partial charge in [-0.05, 0) is 28.8 Å². The largest absolute Gasteiger partial charge is 0.392 e. The van der Waals surface area contributed by atoms with Gasteiger partial charge >= 0.3 is 0 Å². The van der Waals surface area contributed by atoms with Gasteiger partial charge in [0.05, 0.1) is 18.8 Å². The molecule has 1 amide bonds. The minimum absolute atomic E-state index is 0.0450. The number of aliphatic hydroxyl groups excluding tert-OH is 2. The van der Waals surface area contributed by atoms with E-state index in [9.17, 15) is 9.90 Å². The molecule has 0 saturated heterocycles. The van der Waals surface area contributed by atoms with Crippen LogP contribution in [0.1, 0.15) is 33.1 Å². The van der Waals surface area contributed by atoms with Crippen molar-refractivity contribution in [1.82, 2.24) is 5.32 Å². The highest BCUT2D eigenvalue weighted by atomic mass is 16.3. The second-order valence-corrected chi connectivity index (χ2v) is 5.28. The molecule has 0 fully saturated rings. The minimum Gasteiger partial charge on any atom is -0.392 e. The van der Waals surface area contributed by atoms with E-state index in [0.717, 1.165) is 16.7 Å². The fourth-order valence-electron chi connectivity index (χ4n) is 2.73. The Balaban J connectivity index is 1.78. The summed E-state index contributed by atoms with van der Waals surface area (Å²) in [6, 6.07) is 14.2. The molecule has 21 heavy (non-hydrogen) atoms. The van der Waals surface area contributed by atoms with Crippen molar-refractivity contribution in [2.24, 2.45) is 0 Å². The number of aliphatic hydroxyl groups is 2. The fourth-order valence-corrected chi connectivity index (χ4v) is 2.73. The van der Waals surface area contributed by atoms with Crippen molar-refractivity contribution < 1.29 is 15.0 Å². The molecule has 1 aliphatic carbocycles. The molecule has 0 saturated carbocycles. The minimum atomic E-state index is -0.594. The van der Waals surface area contributed by atoms with Crippen LogP contribution in [0.5, 0.6) is 0 Å². The molecule has 4 nitrogen and oxygen atoms in total. The molecule has 4 heteroatoms. The Labute approximate surface area is 123 Å². The first-order valence-electron chi connectivity index (χ1n) is 6.95. The first-order valence-corrected chi connectivity index (χ1v) is 6.95. The highest BCUT2D eigenvalue weighted by Gasteiger charge is 2.31. The predicted molar refractivity (Wildman–Crippen MR) is 78.7 cm³/mol. The van der Waals surface area contributed by atoms with Crippen molar-refractivity contribution in [3.8, 4) is 0 Å². The van der Waals surface area contributed by atoms with Crippen LogP contribution in [-0.4, -0.2) is 22.2 Å². The fraction of sp³-hybridized carbons (Fsp3) is 0.235. The molecule has 0 radical (unpaired) electrons. The van der Waals surface area contributed by atoms with Crippen LogP contribution in [0.3, 0.4) is 0 Å². The quantitative estimate of drug-likeness (QED) is 0.801. The van der Waals surface area contributed by atoms with E-state index < -0.39 is 6.10 Å². The lowest BCUT2D eigenvalue weighted by Gasteiger charge is -2.18. The third kappa shape index (κ3) is 2.68. The van der Waals surface area contributed by atoms with Crippen molar-refractivity contribution in [3.05, 3.63) is 70.8 Å². The topological polar surface area (TPSA) is 69.6 Å². The third-order valence-corrected chi connectivity index (χ3v) is 3.89. The maximum atomic E-state index is 12.3. The van der Waals surface area contributed by atoms with Crippen molar-refractivity contribution in [3.63, 3.8) is 0 Å². The van der Waals surface area contributed by atoms with Crippen LogP contribution in [-0.2, 0) is 13.0 Å². The van der Waals surface area contributed by atoms with Gasteiger partial charge in [0, 0.05) is 12.0 Å². The van der Waals surface area contributed by atoms with Gasteiger partial charge < -0.3 is 15.5 Å². The van der Waals surface area contributed by atoms with Crippen LogP contribution in [0, 0.1) is 0 Å². The summed E-state index contributed by atoms with van der Waals surface area (Å²) >= 11 is 0. The predicted octanol–water partition coefficient (Wildman–Crippen LogP) is 1.57. The zero-order valence-corrected chi connectivity index (χ0v) is 11.5. The van der Waals surface area contributed by atoms with Gasteiger partial charge in [-0.25, -0.2) is 0 Å². The molecule has 2 aromatic carbocycles. The van der Waals surface area contributed by atoms with E-state index in [1.807, 2.05) is 24.3 Å². The average molecular weight is 283 g/mol. The Bertz CT molecular complexity index is 651. The van der Waals surface area contributed by atoms with Gasteiger partial charge in [-0.15, -0.1) is 0 Å². The highest BCUT2D eigenvalue weighted by Crippen LogP contribution is 2.31. The number of hydrogen-bond acceptors (Lipinski definition) is 3. The van der Waals surface area contributed by atoms with Gasteiger partial charge in [0.15, 0.2) is 0 Å². The number of nitrogens with one attached hydrogen (secondary N) is 1. The Morgan fingerprint density at radius 3 is 2.57 bits per heavy atom. The second-order valence-electron chi connectivity index (χ2n) is 5.28. The van der Waals surface area contributed by atoms with E-state index in [1.165, 1.54) is 0 Å². The number of carbonyl (C=O) groups is 1. The molecule has 0 heterocycles. The molecule has 108 valence electrons. The lowest BCUT2D eigenvalue weighted by Crippen LogP contribution is -2.33. The SMILES string of the molecule is O=C(NC1c2ccccc2CC1O)c1ccc(CO)cc1. The highest BCUT2D eigenvalue weighted by molar-refractivity contribution is 5.94. The number of fused-ring (bicyclic) bond motifs is 1. The van der Waals surface area contributed by atoms with E-state index in [0.29, 0.717) is 12.0 Å². The van der Waals surface area contributed by atoms with E-state index in [-0.39, 0.29) is 18.6 Å². The monoisotopic (exact) mass is 283 g/mol. The van der Waals surface area contributed by atoms with Crippen LogP contribution in [0.2, 0.25) is 0 Å². The number of amides is 1. The van der Waals surface area contributed by atoms with Gasteiger partial charge in [-0.1, -0.05) is 36.4 Å². The molecule has 3 rings (SSSR count). The molecule has 0 aromatic heterocycles. The Hall–Kier alpha value is -2.17. The average Bonchev–Trinajstić information content (AvgIpc) is 2.83. The molecule has 2 atom stereocenters. The van der Waals surface area contributed by atoms with Crippen molar-refractivity contribution in [2.75, 3.05) is 0 Å². The van der Waals surface area contributed by atoms with Gasteiger partial charge in [0.2, 0.25) is 0 Å². The maximum Gasteiger partial charge on any atom is 0.251 e. The molecule has 2 unspecified atom stereocenters. The molecule has 0 bridgehead atoms. The van der Waals surface area contributed by atoms with Crippen LogP contribution < -0.4 is 5.32 Å². The number of rotatable bonds is 3. The van der Waals surface area contributed by atoms with E-state index in [4.69, 9.17) is 5.11 Å². The van der Waals surface area contributed by atoms with Gasteiger partial charge in [-0.2, -0.15) is 0 Å². The zero-order chi connectivity index (χ0) is 14.8. The Kier molecular flexibility index (Phi) is 3.73. The Morgan fingerprint density at radius 1 is 1.14 bits per heavy atom. The first kappa shape index (κ1) is 13.8. The molecule has 0 aliphatic heterocycles. The summed E-state index contributed by atoms with van der Waals surface area (Å²) in [4.78, 5) is 12.3. The summed E-state index contributed by atoms with van der Waals surface area (Å²) in [6.45, 7) is -0.0450. The van der Waals surface area contributed by atoms with E-state index in [1.54, 1.807) is 24.3 Å². The number of benzene rings is 2. The van der Waals surface area contributed by atoms with E-state index in [2.05, 4.69) is 5.32 Å². The van der Waals surface area contributed by atoms with Crippen LogP contribution in [0.25, 0.3) is 0 Å². The lowest BCUT2D eigenvalue weighted by atomic mass is 10.1. The lowest BCUT2D eigenvalue weighted by molar-refractivity contribution is 0.0858. The number of hydrogen-bond donors (Lipinski definition) is 3. The summed E-state index contributed by atoms with van der Waals surface area (Å²) in [5, 5.41) is 22.0. The molecule has 2 aromatic rings. The zero-order valence-electron chi connectivity index (χ0n) is 11.5. The van der Waals surface area contributed by atoms with Crippen LogP contribution >= 0.6 is 0 Å². The molecule has 1 aliphatic rings. The summed E-state index contributed by atoms with van der Waals surface area (Å²) in [6.07, 6.45) is -0.0343. The van der Waals surface area contributed by atoms with Gasteiger partial charge in [0.1, 0.15) is 0 Å². The van der Waals surface area contributed by atoms with Crippen LogP contribution in [0.4, 0.5) is 0 Å². The molecular formula is C17H17NO3. The van der Waals surface area contributed by atoms with Crippen molar-refractivity contribution in [2.45, 2.75) is 25.2 Å². The van der Waals surface area contributed by atoms with E-state index >= 15 is 0 Å². The van der Waals surface area contributed by atoms with Crippen LogP contribution in [0.15, 0.2) is 48.5 Å². The summed E-state index contributed by atoms with van der Waals surface area (Å²) in [5.74, 6) is -0.222.